The number of allylic oxidation sites excluding steroid dienone is 1. The number of hydrogen-bond donors (Lipinski definition) is 0. The molecule has 2 heterocycles. The number of thiazole rings is 1. The van der Waals surface area contributed by atoms with Gasteiger partial charge in [0.1, 0.15) is 22.6 Å². The van der Waals surface area contributed by atoms with Crippen LogP contribution in [-0.2, 0) is 0 Å². The summed E-state index contributed by atoms with van der Waals surface area (Å²) in [5.41, 5.74) is 1.78. The highest BCUT2D eigenvalue weighted by atomic mass is 32.1. The van der Waals surface area contributed by atoms with Crippen molar-refractivity contribution in [3.63, 3.8) is 0 Å². The Bertz CT molecular complexity index is 878. The van der Waals surface area contributed by atoms with Gasteiger partial charge < -0.3 is 9.15 Å². The molecular weight excluding hydrogens is 334 g/mol. The van der Waals surface area contributed by atoms with Crippen molar-refractivity contribution in [2.45, 2.75) is 6.61 Å². The summed E-state index contributed by atoms with van der Waals surface area (Å²) >= 11 is 1.32. The smallest absolute Gasteiger partial charge is 0.387 e. The van der Waals surface area contributed by atoms with E-state index in [4.69, 9.17) is 4.42 Å². The van der Waals surface area contributed by atoms with Gasteiger partial charge in [-0.05, 0) is 36.4 Å². The van der Waals surface area contributed by atoms with E-state index in [0.717, 1.165) is 5.56 Å². The predicted molar refractivity (Wildman–Crippen MR) is 86.4 cm³/mol. The number of ether oxygens (including phenoxy) is 1. The fourth-order valence-corrected chi connectivity index (χ4v) is 2.79. The van der Waals surface area contributed by atoms with Crippen molar-refractivity contribution >= 4 is 23.0 Å². The summed E-state index contributed by atoms with van der Waals surface area (Å²) in [5.74, 6) is 0.649. The van der Waals surface area contributed by atoms with Crippen LogP contribution in [0.15, 0.2) is 52.5 Å². The van der Waals surface area contributed by atoms with Crippen LogP contribution in [0.1, 0.15) is 10.8 Å². The molecule has 24 heavy (non-hydrogen) atoms. The molecule has 0 aliphatic rings. The summed E-state index contributed by atoms with van der Waals surface area (Å²) in [4.78, 5) is 4.42. The minimum absolute atomic E-state index is 0.0830. The Balaban J connectivity index is 1.84. The molecule has 0 N–H and O–H groups in total. The molecule has 0 aliphatic heterocycles. The van der Waals surface area contributed by atoms with E-state index in [9.17, 15) is 14.0 Å². The fourth-order valence-electron chi connectivity index (χ4n) is 1.99. The van der Waals surface area contributed by atoms with Crippen molar-refractivity contribution in [3.8, 4) is 23.1 Å². The van der Waals surface area contributed by atoms with Crippen molar-refractivity contribution in [2.24, 2.45) is 0 Å². The zero-order valence-corrected chi connectivity index (χ0v) is 13.0. The molecule has 2 aromatic heterocycles. The van der Waals surface area contributed by atoms with Gasteiger partial charge in [0.15, 0.2) is 0 Å². The first-order valence-corrected chi connectivity index (χ1v) is 7.70. The quantitative estimate of drug-likeness (QED) is 0.606. The first kappa shape index (κ1) is 15.9. The zero-order valence-electron chi connectivity index (χ0n) is 12.1. The minimum atomic E-state index is -2.85. The molecule has 0 fully saturated rings. The SMILES string of the molecule is N#C/C(=C\c1ccco1)c1nc(-c2ccc(OC(F)F)cc2)cs1. The van der Waals surface area contributed by atoms with Crippen molar-refractivity contribution in [3.05, 3.63) is 58.8 Å². The Morgan fingerprint density at radius 3 is 2.71 bits per heavy atom. The molecule has 0 amide bonds. The minimum Gasteiger partial charge on any atom is -0.465 e. The lowest BCUT2D eigenvalue weighted by molar-refractivity contribution is -0.0498. The monoisotopic (exact) mass is 344 g/mol. The molecule has 0 radical (unpaired) electrons. The van der Waals surface area contributed by atoms with Crippen LogP contribution in [0, 0.1) is 11.3 Å². The number of rotatable bonds is 5. The van der Waals surface area contributed by atoms with E-state index in [1.807, 2.05) is 0 Å². The summed E-state index contributed by atoms with van der Waals surface area (Å²) in [6.45, 7) is -2.85. The fraction of sp³-hybridized carbons (Fsp3) is 0.0588. The number of furan rings is 1. The molecule has 4 nitrogen and oxygen atoms in total. The van der Waals surface area contributed by atoms with Crippen LogP contribution < -0.4 is 4.74 Å². The van der Waals surface area contributed by atoms with E-state index in [-0.39, 0.29) is 5.75 Å². The number of alkyl halides is 2. The molecule has 0 unspecified atom stereocenters. The van der Waals surface area contributed by atoms with Gasteiger partial charge in [0, 0.05) is 17.0 Å². The Morgan fingerprint density at radius 2 is 2.08 bits per heavy atom. The predicted octanol–water partition coefficient (Wildman–Crippen LogP) is 5.07. The maximum absolute atomic E-state index is 12.2. The number of aromatic nitrogens is 1. The van der Waals surface area contributed by atoms with Crippen LogP contribution in [-0.4, -0.2) is 11.6 Å². The lowest BCUT2D eigenvalue weighted by atomic mass is 10.1. The summed E-state index contributed by atoms with van der Waals surface area (Å²) in [5, 5.41) is 11.6. The van der Waals surface area contributed by atoms with Gasteiger partial charge in [-0.3, -0.25) is 0 Å². The molecule has 3 rings (SSSR count). The maximum Gasteiger partial charge on any atom is 0.387 e. The summed E-state index contributed by atoms with van der Waals surface area (Å²) < 4.78 is 33.8. The Kier molecular flexibility index (Phi) is 4.68. The third kappa shape index (κ3) is 3.67. The van der Waals surface area contributed by atoms with Gasteiger partial charge in [0.25, 0.3) is 0 Å². The van der Waals surface area contributed by atoms with Crippen LogP contribution in [0.25, 0.3) is 22.9 Å². The van der Waals surface area contributed by atoms with Gasteiger partial charge in [-0.2, -0.15) is 14.0 Å². The molecule has 0 spiro atoms. The first-order chi connectivity index (χ1) is 11.7. The van der Waals surface area contributed by atoms with Crippen molar-refractivity contribution in [1.29, 1.82) is 5.26 Å². The Labute approximate surface area is 140 Å². The van der Waals surface area contributed by atoms with Crippen molar-refractivity contribution in [2.75, 3.05) is 0 Å². The third-order valence-electron chi connectivity index (χ3n) is 3.06. The first-order valence-electron chi connectivity index (χ1n) is 6.82. The summed E-state index contributed by atoms with van der Waals surface area (Å²) in [6.07, 6.45) is 3.14. The van der Waals surface area contributed by atoms with E-state index in [2.05, 4.69) is 15.8 Å². The van der Waals surface area contributed by atoms with Crippen LogP contribution in [0.5, 0.6) is 5.75 Å². The van der Waals surface area contributed by atoms with Gasteiger partial charge in [-0.15, -0.1) is 11.3 Å². The largest absolute Gasteiger partial charge is 0.465 e. The average Bonchev–Trinajstić information content (AvgIpc) is 3.24. The molecule has 0 aliphatic carbocycles. The Hall–Kier alpha value is -2.98. The second-order valence-corrected chi connectivity index (χ2v) is 5.48. The summed E-state index contributed by atoms with van der Waals surface area (Å²) in [7, 11) is 0. The van der Waals surface area contributed by atoms with E-state index in [1.165, 1.54) is 29.7 Å². The Morgan fingerprint density at radius 1 is 1.29 bits per heavy atom. The highest BCUT2D eigenvalue weighted by Crippen LogP contribution is 2.28. The topological polar surface area (TPSA) is 59.0 Å². The van der Waals surface area contributed by atoms with Gasteiger partial charge in [0.2, 0.25) is 0 Å². The number of benzene rings is 1. The molecule has 0 atom stereocenters. The lowest BCUT2D eigenvalue weighted by Crippen LogP contribution is -2.01. The summed E-state index contributed by atoms with van der Waals surface area (Å²) in [6, 6.07) is 11.7. The van der Waals surface area contributed by atoms with Crippen LogP contribution in [0.2, 0.25) is 0 Å². The van der Waals surface area contributed by atoms with E-state index < -0.39 is 6.61 Å². The standard InChI is InChI=1S/C17H10F2N2O2S/c18-17(19)23-13-5-3-11(4-6-13)15-10-24-16(21-15)12(9-20)8-14-2-1-7-22-14/h1-8,10,17H/b12-8+. The van der Waals surface area contributed by atoms with Crippen LogP contribution in [0.3, 0.4) is 0 Å². The molecule has 120 valence electrons. The molecule has 0 saturated heterocycles. The second kappa shape index (κ2) is 7.06. The molecule has 1 aromatic carbocycles. The number of nitrogens with zero attached hydrogens (tertiary/aromatic N) is 2. The van der Waals surface area contributed by atoms with Gasteiger partial charge in [0.05, 0.1) is 17.5 Å². The molecule has 0 saturated carbocycles. The highest BCUT2D eigenvalue weighted by molar-refractivity contribution is 7.11. The van der Waals surface area contributed by atoms with Crippen molar-refractivity contribution in [1.82, 2.24) is 4.98 Å². The maximum atomic E-state index is 12.2. The highest BCUT2D eigenvalue weighted by Gasteiger charge is 2.10. The van der Waals surface area contributed by atoms with Gasteiger partial charge >= 0.3 is 6.61 Å². The normalized spacial score (nSPS) is 11.5. The van der Waals surface area contributed by atoms with E-state index in [1.54, 1.807) is 35.7 Å². The van der Waals surface area contributed by atoms with Crippen molar-refractivity contribution < 1.29 is 17.9 Å². The molecular formula is C17H10F2N2O2S. The van der Waals surface area contributed by atoms with E-state index >= 15 is 0 Å². The third-order valence-corrected chi connectivity index (χ3v) is 3.94. The lowest BCUT2D eigenvalue weighted by Gasteiger charge is -2.04. The van der Waals surface area contributed by atoms with Crippen LogP contribution >= 0.6 is 11.3 Å². The number of hydrogen-bond acceptors (Lipinski definition) is 5. The van der Waals surface area contributed by atoms with Gasteiger partial charge in [-0.25, -0.2) is 4.98 Å². The van der Waals surface area contributed by atoms with Crippen LogP contribution in [0.4, 0.5) is 8.78 Å². The zero-order chi connectivity index (χ0) is 16.9. The van der Waals surface area contributed by atoms with E-state index in [0.29, 0.717) is 22.0 Å². The molecule has 7 heteroatoms. The molecule has 0 bridgehead atoms. The second-order valence-electron chi connectivity index (χ2n) is 4.63. The molecule has 3 aromatic rings. The number of nitriles is 1. The number of halogens is 2. The van der Waals surface area contributed by atoms with Gasteiger partial charge in [-0.1, -0.05) is 0 Å². The average molecular weight is 344 g/mol.